The summed E-state index contributed by atoms with van der Waals surface area (Å²) in [5, 5.41) is 4.47. The first-order valence-corrected chi connectivity index (χ1v) is 6.12. The maximum Gasteiger partial charge on any atom is 0.411 e. The maximum atomic E-state index is 10.9. The Balaban J connectivity index is 2.31. The molecule has 0 saturated heterocycles. The lowest BCUT2D eigenvalue weighted by Gasteiger charge is -2.23. The molecule has 0 unspecified atom stereocenters. The highest BCUT2D eigenvalue weighted by atomic mass is 16.6. The van der Waals surface area contributed by atoms with Crippen molar-refractivity contribution >= 4 is 6.09 Å². The van der Waals surface area contributed by atoms with E-state index in [1.165, 1.54) is 19.3 Å². The molecular weight excluding hydrogens is 218 g/mol. The first kappa shape index (κ1) is 12.0. The molecule has 0 atom stereocenters. The van der Waals surface area contributed by atoms with Crippen LogP contribution in [-0.4, -0.2) is 15.9 Å². The number of primary amides is 1. The Morgan fingerprint density at radius 1 is 1.35 bits per heavy atom. The molecule has 1 heterocycles. The van der Waals surface area contributed by atoms with Gasteiger partial charge in [0.1, 0.15) is 0 Å². The molecule has 0 radical (unpaired) electrons. The zero-order valence-corrected chi connectivity index (χ0v) is 10.4. The third-order valence-corrected chi connectivity index (χ3v) is 3.45. The van der Waals surface area contributed by atoms with Gasteiger partial charge in [0.05, 0.1) is 11.7 Å². The third kappa shape index (κ3) is 2.43. The van der Waals surface area contributed by atoms with Crippen LogP contribution in [0.4, 0.5) is 4.79 Å². The molecule has 2 N–H and O–H groups in total. The SMILES string of the molecule is Cc1nn(C2CCCCC2)c(OC(N)=O)c1C. The lowest BCUT2D eigenvalue weighted by molar-refractivity contribution is 0.200. The molecule has 1 fully saturated rings. The molecule has 0 bridgehead atoms. The minimum absolute atomic E-state index is 0.338. The second-order valence-electron chi connectivity index (χ2n) is 4.67. The van der Waals surface area contributed by atoms with E-state index >= 15 is 0 Å². The topological polar surface area (TPSA) is 70.1 Å². The van der Waals surface area contributed by atoms with Crippen molar-refractivity contribution in [2.45, 2.75) is 52.0 Å². The lowest BCUT2D eigenvalue weighted by Crippen LogP contribution is -2.21. The number of hydrogen-bond donors (Lipinski definition) is 1. The van der Waals surface area contributed by atoms with Crippen LogP contribution in [0.5, 0.6) is 5.88 Å². The van der Waals surface area contributed by atoms with Crippen LogP contribution >= 0.6 is 0 Å². The minimum atomic E-state index is -0.773. The molecule has 2 rings (SSSR count). The van der Waals surface area contributed by atoms with Gasteiger partial charge in [0.15, 0.2) is 0 Å². The van der Waals surface area contributed by atoms with Crippen LogP contribution in [0, 0.1) is 13.8 Å². The number of aromatic nitrogens is 2. The molecule has 5 heteroatoms. The van der Waals surface area contributed by atoms with Crippen molar-refractivity contribution in [3.8, 4) is 5.88 Å². The molecule has 1 aliphatic carbocycles. The number of ether oxygens (including phenoxy) is 1. The zero-order chi connectivity index (χ0) is 12.4. The molecule has 0 aromatic carbocycles. The molecule has 17 heavy (non-hydrogen) atoms. The molecule has 1 saturated carbocycles. The third-order valence-electron chi connectivity index (χ3n) is 3.45. The summed E-state index contributed by atoms with van der Waals surface area (Å²) in [6.45, 7) is 3.82. The van der Waals surface area contributed by atoms with E-state index in [2.05, 4.69) is 5.10 Å². The highest BCUT2D eigenvalue weighted by molar-refractivity contribution is 5.68. The summed E-state index contributed by atoms with van der Waals surface area (Å²) in [4.78, 5) is 10.9. The Morgan fingerprint density at radius 3 is 2.59 bits per heavy atom. The first-order chi connectivity index (χ1) is 8.09. The van der Waals surface area contributed by atoms with E-state index < -0.39 is 6.09 Å². The average molecular weight is 237 g/mol. The molecule has 1 aliphatic rings. The second-order valence-corrected chi connectivity index (χ2v) is 4.67. The summed E-state index contributed by atoms with van der Waals surface area (Å²) in [7, 11) is 0. The Bertz CT molecular complexity index is 420. The van der Waals surface area contributed by atoms with E-state index in [1.54, 1.807) is 0 Å². The van der Waals surface area contributed by atoms with Crippen LogP contribution in [0.1, 0.15) is 49.4 Å². The van der Waals surface area contributed by atoms with Gasteiger partial charge in [-0.05, 0) is 26.7 Å². The van der Waals surface area contributed by atoms with Crippen molar-refractivity contribution in [2.24, 2.45) is 5.73 Å². The molecule has 1 aromatic heterocycles. The summed E-state index contributed by atoms with van der Waals surface area (Å²) < 4.78 is 6.93. The Hall–Kier alpha value is -1.52. The number of amides is 1. The molecule has 5 nitrogen and oxygen atoms in total. The van der Waals surface area contributed by atoms with E-state index in [0.717, 1.165) is 24.1 Å². The zero-order valence-electron chi connectivity index (χ0n) is 10.4. The van der Waals surface area contributed by atoms with Crippen molar-refractivity contribution < 1.29 is 9.53 Å². The van der Waals surface area contributed by atoms with Crippen LogP contribution in [-0.2, 0) is 0 Å². The molecular formula is C12H19N3O2. The minimum Gasteiger partial charge on any atom is -0.391 e. The lowest BCUT2D eigenvalue weighted by atomic mass is 9.96. The normalized spacial score (nSPS) is 17.1. The summed E-state index contributed by atoms with van der Waals surface area (Å²) in [6, 6.07) is 0.338. The first-order valence-electron chi connectivity index (χ1n) is 6.12. The largest absolute Gasteiger partial charge is 0.411 e. The fraction of sp³-hybridized carbons (Fsp3) is 0.667. The highest BCUT2D eigenvalue weighted by Crippen LogP contribution is 2.33. The number of hydrogen-bond acceptors (Lipinski definition) is 3. The number of nitrogens with two attached hydrogens (primary N) is 1. The van der Waals surface area contributed by atoms with E-state index in [0.29, 0.717) is 11.9 Å². The van der Waals surface area contributed by atoms with Crippen molar-refractivity contribution in [3.63, 3.8) is 0 Å². The van der Waals surface area contributed by atoms with Crippen molar-refractivity contribution in [2.75, 3.05) is 0 Å². The number of aryl methyl sites for hydroxylation is 1. The van der Waals surface area contributed by atoms with Crippen molar-refractivity contribution in [1.82, 2.24) is 9.78 Å². The molecule has 1 amide bonds. The van der Waals surface area contributed by atoms with E-state index in [1.807, 2.05) is 18.5 Å². The van der Waals surface area contributed by atoms with Gasteiger partial charge >= 0.3 is 6.09 Å². The smallest absolute Gasteiger partial charge is 0.391 e. The van der Waals surface area contributed by atoms with Crippen LogP contribution in [0.2, 0.25) is 0 Å². The van der Waals surface area contributed by atoms with Gasteiger partial charge in [0.2, 0.25) is 5.88 Å². The molecule has 1 aromatic rings. The molecule has 94 valence electrons. The van der Waals surface area contributed by atoms with Gasteiger partial charge < -0.3 is 10.5 Å². The van der Waals surface area contributed by atoms with Crippen molar-refractivity contribution in [3.05, 3.63) is 11.3 Å². The Morgan fingerprint density at radius 2 is 2.00 bits per heavy atom. The van der Waals surface area contributed by atoms with Gasteiger partial charge in [-0.15, -0.1) is 0 Å². The maximum absolute atomic E-state index is 10.9. The predicted octanol–water partition coefficient (Wildman–Crippen LogP) is 2.46. The number of nitrogens with zero attached hydrogens (tertiary/aromatic N) is 2. The summed E-state index contributed by atoms with van der Waals surface area (Å²) in [6.07, 6.45) is 5.11. The average Bonchev–Trinajstić information content (AvgIpc) is 2.58. The Labute approximate surface area is 101 Å². The van der Waals surface area contributed by atoms with Gasteiger partial charge in [-0.25, -0.2) is 9.48 Å². The molecule has 0 aliphatic heterocycles. The number of carbonyl (C=O) groups is 1. The van der Waals surface area contributed by atoms with Crippen LogP contribution in [0.15, 0.2) is 0 Å². The van der Waals surface area contributed by atoms with Crippen LogP contribution < -0.4 is 10.5 Å². The predicted molar refractivity (Wildman–Crippen MR) is 64.0 cm³/mol. The van der Waals surface area contributed by atoms with E-state index in [-0.39, 0.29) is 0 Å². The summed E-state index contributed by atoms with van der Waals surface area (Å²) >= 11 is 0. The van der Waals surface area contributed by atoms with Gasteiger partial charge in [0, 0.05) is 5.56 Å². The fourth-order valence-electron chi connectivity index (χ4n) is 2.40. The number of rotatable bonds is 2. The monoisotopic (exact) mass is 237 g/mol. The van der Waals surface area contributed by atoms with Gasteiger partial charge in [-0.1, -0.05) is 19.3 Å². The fourth-order valence-corrected chi connectivity index (χ4v) is 2.40. The summed E-state index contributed by atoms with van der Waals surface area (Å²) in [5.41, 5.74) is 6.89. The van der Waals surface area contributed by atoms with Gasteiger partial charge in [-0.3, -0.25) is 0 Å². The molecule has 0 spiro atoms. The van der Waals surface area contributed by atoms with Crippen molar-refractivity contribution in [1.29, 1.82) is 0 Å². The number of carbonyl (C=O) groups excluding carboxylic acids is 1. The Kier molecular flexibility index (Phi) is 3.36. The second kappa shape index (κ2) is 4.77. The van der Waals surface area contributed by atoms with Gasteiger partial charge in [0.25, 0.3) is 0 Å². The van der Waals surface area contributed by atoms with E-state index in [9.17, 15) is 4.79 Å². The van der Waals surface area contributed by atoms with Gasteiger partial charge in [-0.2, -0.15) is 5.10 Å². The summed E-state index contributed by atoms with van der Waals surface area (Å²) in [5.74, 6) is 0.516. The highest BCUT2D eigenvalue weighted by Gasteiger charge is 2.23. The standard InChI is InChI=1S/C12H19N3O2/c1-8-9(2)14-15(11(8)17-12(13)16)10-6-4-3-5-7-10/h10H,3-7H2,1-2H3,(H2,13,16). The van der Waals surface area contributed by atoms with Crippen LogP contribution in [0.25, 0.3) is 0 Å². The van der Waals surface area contributed by atoms with Crippen LogP contribution in [0.3, 0.4) is 0 Å². The van der Waals surface area contributed by atoms with E-state index in [4.69, 9.17) is 10.5 Å². The quantitative estimate of drug-likeness (QED) is 0.858.